The Morgan fingerprint density at radius 2 is 1.74 bits per heavy atom. The molecule has 19 heavy (non-hydrogen) atoms. The fourth-order valence-electron chi connectivity index (χ4n) is 1.83. The van der Waals surface area contributed by atoms with Gasteiger partial charge in [0.1, 0.15) is 12.1 Å². The highest BCUT2D eigenvalue weighted by Gasteiger charge is 2.07. The van der Waals surface area contributed by atoms with E-state index in [2.05, 4.69) is 4.99 Å². The van der Waals surface area contributed by atoms with Gasteiger partial charge in [0, 0.05) is 11.6 Å². The maximum Gasteiger partial charge on any atom is 0.285 e. The molecule has 0 fully saturated rings. The fourth-order valence-corrected chi connectivity index (χ4v) is 1.83. The number of aliphatic imine (C=N–C) groups is 1. The average molecular weight is 257 g/mol. The third-order valence-electron chi connectivity index (χ3n) is 2.80. The summed E-state index contributed by atoms with van der Waals surface area (Å²) in [7, 11) is 0. The molecule has 4 heteroatoms. The SMILES string of the molecule is Fc1ccc(C=Nc2cccc3c(F)occ23)cc1. The maximum atomic E-state index is 13.3. The maximum absolute atomic E-state index is 13.3. The second kappa shape index (κ2) is 4.65. The van der Waals surface area contributed by atoms with E-state index in [1.54, 1.807) is 36.5 Å². The molecule has 0 radical (unpaired) electrons. The van der Waals surface area contributed by atoms with Gasteiger partial charge in [-0.1, -0.05) is 18.2 Å². The van der Waals surface area contributed by atoms with E-state index in [0.29, 0.717) is 16.5 Å². The number of fused-ring (bicyclic) bond motifs is 1. The summed E-state index contributed by atoms with van der Waals surface area (Å²) in [6, 6.07) is 10.4. The highest BCUT2D eigenvalue weighted by atomic mass is 19.1. The van der Waals surface area contributed by atoms with Crippen molar-refractivity contribution in [3.8, 4) is 0 Å². The Bertz CT molecular complexity index is 744. The van der Waals surface area contributed by atoms with Crippen LogP contribution in [0.15, 0.2) is 58.1 Å². The van der Waals surface area contributed by atoms with Crippen molar-refractivity contribution in [1.82, 2.24) is 0 Å². The van der Waals surface area contributed by atoms with Crippen LogP contribution in [0.25, 0.3) is 10.8 Å². The van der Waals surface area contributed by atoms with Crippen molar-refractivity contribution in [2.45, 2.75) is 0 Å². The molecular weight excluding hydrogens is 248 g/mol. The minimum absolute atomic E-state index is 0.295. The number of hydrogen-bond donors (Lipinski definition) is 0. The molecule has 0 atom stereocenters. The van der Waals surface area contributed by atoms with Crippen molar-refractivity contribution in [2.75, 3.05) is 0 Å². The third-order valence-corrected chi connectivity index (χ3v) is 2.80. The molecule has 3 rings (SSSR count). The minimum atomic E-state index is -0.617. The lowest BCUT2D eigenvalue weighted by Gasteiger charge is -1.96. The van der Waals surface area contributed by atoms with E-state index >= 15 is 0 Å². The molecule has 0 bridgehead atoms. The normalized spacial score (nSPS) is 11.5. The summed E-state index contributed by atoms with van der Waals surface area (Å²) in [5, 5.41) is 1.01. The van der Waals surface area contributed by atoms with E-state index in [1.165, 1.54) is 18.4 Å². The zero-order valence-electron chi connectivity index (χ0n) is 9.81. The third kappa shape index (κ3) is 2.25. The highest BCUT2D eigenvalue weighted by molar-refractivity contribution is 5.94. The van der Waals surface area contributed by atoms with Gasteiger partial charge in [0.05, 0.1) is 11.1 Å². The first-order chi connectivity index (χ1) is 9.24. The number of rotatable bonds is 2. The molecule has 1 heterocycles. The lowest BCUT2D eigenvalue weighted by Crippen LogP contribution is -1.81. The van der Waals surface area contributed by atoms with Crippen LogP contribution in [0.5, 0.6) is 0 Å². The second-order valence-corrected chi connectivity index (χ2v) is 4.06. The van der Waals surface area contributed by atoms with Gasteiger partial charge in [0.15, 0.2) is 0 Å². The number of halogens is 2. The van der Waals surface area contributed by atoms with Gasteiger partial charge < -0.3 is 4.42 Å². The van der Waals surface area contributed by atoms with Gasteiger partial charge in [0.2, 0.25) is 0 Å². The number of nitrogens with zero attached hydrogens (tertiary/aromatic N) is 1. The summed E-state index contributed by atoms with van der Waals surface area (Å²) in [5.74, 6) is -0.295. The molecule has 0 amide bonds. The van der Waals surface area contributed by atoms with Crippen molar-refractivity contribution in [2.24, 2.45) is 4.99 Å². The number of hydrogen-bond acceptors (Lipinski definition) is 2. The van der Waals surface area contributed by atoms with E-state index in [1.807, 2.05) is 0 Å². The standard InChI is InChI=1S/C15H9F2NO/c16-11-6-4-10(5-7-11)8-18-14-3-1-2-12-13(14)9-19-15(12)17/h1-9H. The van der Waals surface area contributed by atoms with Crippen molar-refractivity contribution < 1.29 is 13.2 Å². The van der Waals surface area contributed by atoms with Crippen LogP contribution < -0.4 is 0 Å². The Hall–Kier alpha value is -2.49. The Morgan fingerprint density at radius 1 is 0.947 bits per heavy atom. The molecule has 0 aliphatic rings. The summed E-state index contributed by atoms with van der Waals surface area (Å²) >= 11 is 0. The lowest BCUT2D eigenvalue weighted by molar-refractivity contribution is 0.366. The highest BCUT2D eigenvalue weighted by Crippen LogP contribution is 2.28. The van der Waals surface area contributed by atoms with Crippen LogP contribution in [-0.4, -0.2) is 6.21 Å². The molecule has 2 nitrogen and oxygen atoms in total. The van der Waals surface area contributed by atoms with E-state index in [0.717, 1.165) is 5.56 Å². The van der Waals surface area contributed by atoms with E-state index in [-0.39, 0.29) is 5.82 Å². The van der Waals surface area contributed by atoms with Gasteiger partial charge in [-0.05, 0) is 29.8 Å². The molecule has 0 unspecified atom stereocenters. The van der Waals surface area contributed by atoms with Crippen LogP contribution >= 0.6 is 0 Å². The molecule has 0 aliphatic heterocycles. The summed E-state index contributed by atoms with van der Waals surface area (Å²) in [4.78, 5) is 4.27. The first-order valence-corrected chi connectivity index (χ1v) is 5.69. The largest absolute Gasteiger partial charge is 0.438 e. The molecule has 94 valence electrons. The summed E-state index contributed by atoms with van der Waals surface area (Å²) < 4.78 is 30.8. The quantitative estimate of drug-likeness (QED) is 0.622. The van der Waals surface area contributed by atoms with Gasteiger partial charge in [0.25, 0.3) is 6.01 Å². The Labute approximate surface area is 108 Å². The summed E-state index contributed by atoms with van der Waals surface area (Å²) in [6.45, 7) is 0. The second-order valence-electron chi connectivity index (χ2n) is 4.06. The molecule has 0 saturated heterocycles. The summed E-state index contributed by atoms with van der Waals surface area (Å²) in [5.41, 5.74) is 1.37. The Kier molecular flexibility index (Phi) is 2.83. The molecule has 0 spiro atoms. The van der Waals surface area contributed by atoms with Crippen LogP contribution in [0.2, 0.25) is 0 Å². The van der Waals surface area contributed by atoms with Crippen LogP contribution in [-0.2, 0) is 0 Å². The van der Waals surface area contributed by atoms with Gasteiger partial charge >= 0.3 is 0 Å². The zero-order chi connectivity index (χ0) is 13.2. The van der Waals surface area contributed by atoms with Crippen LogP contribution in [0, 0.1) is 11.8 Å². The minimum Gasteiger partial charge on any atom is -0.438 e. The van der Waals surface area contributed by atoms with E-state index < -0.39 is 6.01 Å². The van der Waals surface area contributed by atoms with Crippen LogP contribution in [0.4, 0.5) is 14.5 Å². The Balaban J connectivity index is 1.99. The molecular formula is C15H9F2NO. The molecule has 3 aromatic rings. The molecule has 2 aromatic carbocycles. The molecule has 0 aliphatic carbocycles. The summed E-state index contributed by atoms with van der Waals surface area (Å²) in [6.07, 6.45) is 2.93. The van der Waals surface area contributed by atoms with E-state index in [9.17, 15) is 8.78 Å². The van der Waals surface area contributed by atoms with E-state index in [4.69, 9.17) is 4.42 Å². The molecule has 1 aromatic heterocycles. The van der Waals surface area contributed by atoms with Gasteiger partial charge in [-0.15, -0.1) is 0 Å². The van der Waals surface area contributed by atoms with Crippen molar-refractivity contribution in [1.29, 1.82) is 0 Å². The Morgan fingerprint density at radius 3 is 2.53 bits per heavy atom. The van der Waals surface area contributed by atoms with Crippen molar-refractivity contribution in [3.63, 3.8) is 0 Å². The van der Waals surface area contributed by atoms with Gasteiger partial charge in [-0.2, -0.15) is 4.39 Å². The molecule has 0 N–H and O–H groups in total. The fraction of sp³-hybridized carbons (Fsp3) is 0. The smallest absolute Gasteiger partial charge is 0.285 e. The first-order valence-electron chi connectivity index (χ1n) is 5.69. The zero-order valence-corrected chi connectivity index (χ0v) is 9.81. The topological polar surface area (TPSA) is 25.5 Å². The number of furan rings is 1. The number of benzene rings is 2. The van der Waals surface area contributed by atoms with Crippen molar-refractivity contribution in [3.05, 3.63) is 66.1 Å². The van der Waals surface area contributed by atoms with Crippen LogP contribution in [0.3, 0.4) is 0 Å². The van der Waals surface area contributed by atoms with Gasteiger partial charge in [-0.3, -0.25) is 4.99 Å². The lowest BCUT2D eigenvalue weighted by atomic mass is 10.2. The first kappa shape index (κ1) is 11.6. The van der Waals surface area contributed by atoms with Crippen molar-refractivity contribution >= 4 is 22.7 Å². The predicted molar refractivity (Wildman–Crippen MR) is 69.8 cm³/mol. The van der Waals surface area contributed by atoms with Crippen LogP contribution in [0.1, 0.15) is 5.56 Å². The monoisotopic (exact) mass is 257 g/mol. The average Bonchev–Trinajstić information content (AvgIpc) is 2.81. The predicted octanol–water partition coefficient (Wildman–Crippen LogP) is 4.46. The van der Waals surface area contributed by atoms with Gasteiger partial charge in [-0.25, -0.2) is 4.39 Å². The molecule has 0 saturated carbocycles.